The first-order valence-corrected chi connectivity index (χ1v) is 8.47. The summed E-state index contributed by atoms with van der Waals surface area (Å²) in [5.41, 5.74) is 6.43. The van der Waals surface area contributed by atoms with Gasteiger partial charge in [-0.3, -0.25) is 10.1 Å². The number of furan rings is 1. The highest BCUT2D eigenvalue weighted by molar-refractivity contribution is 5.93. The minimum absolute atomic E-state index is 0.249. The van der Waals surface area contributed by atoms with E-state index in [1.165, 1.54) is 18.3 Å². The molecule has 0 amide bonds. The van der Waals surface area contributed by atoms with Gasteiger partial charge in [-0.1, -0.05) is 42.0 Å². The van der Waals surface area contributed by atoms with Crippen molar-refractivity contribution in [3.8, 4) is 11.3 Å². The number of hydrogen-bond acceptors (Lipinski definition) is 7. The Hall–Kier alpha value is -4.07. The molecule has 8 heteroatoms. The SMILES string of the molecule is Cc1ccc2nc(NN=Cc3ccc([N+](=O)[O-])o3)nc(-c3ccccc3)c2c1. The first-order valence-electron chi connectivity index (χ1n) is 8.47. The van der Waals surface area contributed by atoms with E-state index in [2.05, 4.69) is 20.5 Å². The largest absolute Gasteiger partial charge is 0.433 e. The highest BCUT2D eigenvalue weighted by Crippen LogP contribution is 2.28. The molecule has 0 fully saturated rings. The minimum atomic E-state index is -0.606. The standard InChI is InChI=1S/C20H15N5O3/c1-13-7-9-17-16(11-13)19(14-5-3-2-4-6-14)23-20(22-17)24-21-12-15-8-10-18(28-15)25(26)27/h2-12H,1H3,(H,22,23,24). The van der Waals surface area contributed by atoms with Crippen LogP contribution in [0.25, 0.3) is 22.2 Å². The van der Waals surface area contributed by atoms with Crippen molar-refractivity contribution in [3.63, 3.8) is 0 Å². The van der Waals surface area contributed by atoms with Gasteiger partial charge in [-0.25, -0.2) is 15.4 Å². The van der Waals surface area contributed by atoms with Crippen LogP contribution in [0.5, 0.6) is 0 Å². The van der Waals surface area contributed by atoms with Crippen molar-refractivity contribution in [1.29, 1.82) is 0 Å². The molecule has 4 rings (SSSR count). The van der Waals surface area contributed by atoms with Gasteiger partial charge < -0.3 is 4.42 Å². The lowest BCUT2D eigenvalue weighted by Gasteiger charge is -2.09. The molecule has 0 saturated heterocycles. The van der Waals surface area contributed by atoms with Crippen molar-refractivity contribution in [2.45, 2.75) is 6.92 Å². The first-order chi connectivity index (χ1) is 13.6. The van der Waals surface area contributed by atoms with Gasteiger partial charge in [-0.05, 0) is 25.1 Å². The zero-order valence-electron chi connectivity index (χ0n) is 14.9. The van der Waals surface area contributed by atoms with E-state index in [1.807, 2.05) is 55.5 Å². The number of nitro groups is 1. The van der Waals surface area contributed by atoms with Gasteiger partial charge in [-0.15, -0.1) is 0 Å². The van der Waals surface area contributed by atoms with Crippen LogP contribution in [0.3, 0.4) is 0 Å². The van der Waals surface area contributed by atoms with Gasteiger partial charge in [0.05, 0.1) is 23.5 Å². The minimum Gasteiger partial charge on any atom is -0.400 e. The molecular formula is C20H15N5O3. The van der Waals surface area contributed by atoms with Crippen LogP contribution in [-0.2, 0) is 0 Å². The summed E-state index contributed by atoms with van der Waals surface area (Å²) >= 11 is 0. The number of hydrazone groups is 1. The summed E-state index contributed by atoms with van der Waals surface area (Å²) in [6.45, 7) is 2.02. The van der Waals surface area contributed by atoms with E-state index in [0.717, 1.165) is 27.7 Å². The molecule has 4 aromatic rings. The van der Waals surface area contributed by atoms with Crippen molar-refractivity contribution in [2.24, 2.45) is 5.10 Å². The van der Waals surface area contributed by atoms with Crippen LogP contribution in [0.4, 0.5) is 11.8 Å². The predicted molar refractivity (Wildman–Crippen MR) is 106 cm³/mol. The van der Waals surface area contributed by atoms with Crippen LogP contribution < -0.4 is 5.43 Å². The lowest BCUT2D eigenvalue weighted by atomic mass is 10.0. The van der Waals surface area contributed by atoms with Crippen LogP contribution in [0, 0.1) is 17.0 Å². The summed E-state index contributed by atoms with van der Waals surface area (Å²) < 4.78 is 5.03. The molecular weight excluding hydrogens is 358 g/mol. The van der Waals surface area contributed by atoms with Gasteiger partial charge in [0.2, 0.25) is 5.95 Å². The second-order valence-electron chi connectivity index (χ2n) is 6.09. The first kappa shape index (κ1) is 17.3. The maximum absolute atomic E-state index is 10.7. The van der Waals surface area contributed by atoms with Crippen LogP contribution in [0.2, 0.25) is 0 Å². The molecule has 0 aliphatic rings. The predicted octanol–water partition coefficient (Wildman–Crippen LogP) is 4.55. The fraction of sp³-hybridized carbons (Fsp3) is 0.0500. The quantitative estimate of drug-likeness (QED) is 0.312. The molecule has 0 unspecified atom stereocenters. The Bertz CT molecular complexity index is 1190. The second kappa shape index (κ2) is 7.28. The Morgan fingerprint density at radius 3 is 2.68 bits per heavy atom. The Labute approximate surface area is 159 Å². The molecule has 1 N–H and O–H groups in total. The smallest absolute Gasteiger partial charge is 0.400 e. The number of rotatable bonds is 5. The normalized spacial score (nSPS) is 11.2. The van der Waals surface area contributed by atoms with Crippen molar-refractivity contribution < 1.29 is 9.34 Å². The molecule has 2 aromatic heterocycles. The maximum Gasteiger partial charge on any atom is 0.433 e. The van der Waals surface area contributed by atoms with Crippen molar-refractivity contribution in [1.82, 2.24) is 9.97 Å². The number of hydrogen-bond donors (Lipinski definition) is 1. The third kappa shape index (κ3) is 3.56. The fourth-order valence-corrected chi connectivity index (χ4v) is 2.77. The van der Waals surface area contributed by atoms with E-state index >= 15 is 0 Å². The lowest BCUT2D eigenvalue weighted by Crippen LogP contribution is -2.00. The number of fused-ring (bicyclic) bond motifs is 1. The molecule has 0 saturated carbocycles. The molecule has 0 atom stereocenters. The summed E-state index contributed by atoms with van der Waals surface area (Å²) in [6, 6.07) is 18.5. The fourth-order valence-electron chi connectivity index (χ4n) is 2.77. The molecule has 28 heavy (non-hydrogen) atoms. The zero-order chi connectivity index (χ0) is 19.5. The Morgan fingerprint density at radius 1 is 1.11 bits per heavy atom. The molecule has 0 aliphatic heterocycles. The van der Waals surface area contributed by atoms with E-state index in [9.17, 15) is 10.1 Å². The van der Waals surface area contributed by atoms with Gasteiger partial charge in [0.25, 0.3) is 0 Å². The molecule has 2 aromatic carbocycles. The van der Waals surface area contributed by atoms with E-state index in [1.54, 1.807) is 0 Å². The third-order valence-electron chi connectivity index (χ3n) is 4.05. The highest BCUT2D eigenvalue weighted by atomic mass is 16.6. The second-order valence-corrected chi connectivity index (χ2v) is 6.09. The number of aryl methyl sites for hydroxylation is 1. The monoisotopic (exact) mass is 373 g/mol. The molecule has 0 bridgehead atoms. The Morgan fingerprint density at radius 2 is 1.93 bits per heavy atom. The number of aromatic nitrogens is 2. The van der Waals surface area contributed by atoms with Crippen LogP contribution in [0.15, 0.2) is 70.2 Å². The van der Waals surface area contributed by atoms with E-state index in [0.29, 0.717) is 5.95 Å². The van der Waals surface area contributed by atoms with Crippen LogP contribution in [0.1, 0.15) is 11.3 Å². The number of benzene rings is 2. The average molecular weight is 373 g/mol. The average Bonchev–Trinajstić information content (AvgIpc) is 3.18. The molecule has 8 nitrogen and oxygen atoms in total. The topological polar surface area (TPSA) is 106 Å². The Balaban J connectivity index is 1.68. The summed E-state index contributed by atoms with van der Waals surface area (Å²) in [5.74, 6) is 0.219. The van der Waals surface area contributed by atoms with Gasteiger partial charge in [0, 0.05) is 10.9 Å². The molecule has 0 spiro atoms. The summed E-state index contributed by atoms with van der Waals surface area (Å²) in [4.78, 5) is 19.2. The number of nitrogens with zero attached hydrogens (tertiary/aromatic N) is 4. The molecule has 0 radical (unpaired) electrons. The van der Waals surface area contributed by atoms with Crippen LogP contribution >= 0.6 is 0 Å². The summed E-state index contributed by atoms with van der Waals surface area (Å²) in [6.07, 6.45) is 1.33. The molecule has 0 aliphatic carbocycles. The van der Waals surface area contributed by atoms with Crippen molar-refractivity contribution in [3.05, 3.63) is 82.1 Å². The zero-order valence-corrected chi connectivity index (χ0v) is 14.9. The Kier molecular flexibility index (Phi) is 4.51. The third-order valence-corrected chi connectivity index (χ3v) is 4.05. The van der Waals surface area contributed by atoms with E-state index < -0.39 is 4.92 Å². The van der Waals surface area contributed by atoms with E-state index in [-0.39, 0.29) is 11.6 Å². The summed E-state index contributed by atoms with van der Waals surface area (Å²) in [5, 5.41) is 15.6. The number of nitrogens with one attached hydrogen (secondary N) is 1. The number of anilines is 1. The van der Waals surface area contributed by atoms with Gasteiger partial charge >= 0.3 is 5.88 Å². The van der Waals surface area contributed by atoms with Gasteiger partial charge in [-0.2, -0.15) is 5.10 Å². The maximum atomic E-state index is 10.7. The van der Waals surface area contributed by atoms with Gasteiger partial charge in [0.1, 0.15) is 4.92 Å². The molecule has 138 valence electrons. The lowest BCUT2D eigenvalue weighted by molar-refractivity contribution is -0.402. The van der Waals surface area contributed by atoms with Crippen LogP contribution in [-0.4, -0.2) is 21.1 Å². The van der Waals surface area contributed by atoms with E-state index in [4.69, 9.17) is 4.42 Å². The molecule has 2 heterocycles. The summed E-state index contributed by atoms with van der Waals surface area (Å²) in [7, 11) is 0. The highest BCUT2D eigenvalue weighted by Gasteiger charge is 2.11. The van der Waals surface area contributed by atoms with Gasteiger partial charge in [0.15, 0.2) is 5.76 Å². The van der Waals surface area contributed by atoms with Crippen molar-refractivity contribution in [2.75, 3.05) is 5.43 Å². The van der Waals surface area contributed by atoms with Crippen molar-refractivity contribution >= 4 is 29.0 Å².